The van der Waals surface area contributed by atoms with Gasteiger partial charge in [-0.3, -0.25) is 0 Å². The number of carbonyl (C=O) groups is 1. The highest BCUT2D eigenvalue weighted by Crippen LogP contribution is 2.47. The SMILES string of the molecule is COC(=O)C1=C(CO)[C@H](CO)[C@H]1c1ccccc1. The fraction of sp³-hybridized carbons (Fsp3) is 0.357. The van der Waals surface area contributed by atoms with Gasteiger partial charge in [0, 0.05) is 17.4 Å². The van der Waals surface area contributed by atoms with Crippen molar-refractivity contribution in [1.82, 2.24) is 0 Å². The summed E-state index contributed by atoms with van der Waals surface area (Å²) in [5, 5.41) is 18.7. The van der Waals surface area contributed by atoms with Gasteiger partial charge in [-0.25, -0.2) is 4.79 Å². The van der Waals surface area contributed by atoms with Crippen molar-refractivity contribution >= 4 is 5.97 Å². The third-order valence-corrected chi connectivity index (χ3v) is 3.44. The van der Waals surface area contributed by atoms with Crippen molar-refractivity contribution in [2.24, 2.45) is 5.92 Å². The number of rotatable bonds is 4. The highest BCUT2D eigenvalue weighted by Gasteiger charge is 2.44. The van der Waals surface area contributed by atoms with Crippen LogP contribution in [0, 0.1) is 5.92 Å². The van der Waals surface area contributed by atoms with Crippen LogP contribution in [0.2, 0.25) is 0 Å². The van der Waals surface area contributed by atoms with Crippen LogP contribution in [0.3, 0.4) is 0 Å². The molecule has 0 aliphatic heterocycles. The molecule has 0 fully saturated rings. The first kappa shape index (κ1) is 12.8. The largest absolute Gasteiger partial charge is 0.466 e. The van der Waals surface area contributed by atoms with E-state index in [1.165, 1.54) is 7.11 Å². The van der Waals surface area contributed by atoms with E-state index in [-0.39, 0.29) is 25.0 Å². The molecule has 96 valence electrons. The summed E-state index contributed by atoms with van der Waals surface area (Å²) in [5.41, 5.74) is 2.01. The van der Waals surface area contributed by atoms with E-state index in [2.05, 4.69) is 0 Å². The number of benzene rings is 1. The molecule has 0 radical (unpaired) electrons. The summed E-state index contributed by atoms with van der Waals surface area (Å²) in [6, 6.07) is 9.48. The van der Waals surface area contributed by atoms with Gasteiger partial charge in [0.1, 0.15) is 0 Å². The summed E-state index contributed by atoms with van der Waals surface area (Å²) in [7, 11) is 1.32. The first-order chi connectivity index (χ1) is 8.74. The maximum atomic E-state index is 11.7. The van der Waals surface area contributed by atoms with Gasteiger partial charge >= 0.3 is 5.97 Å². The number of aliphatic hydroxyl groups is 2. The molecule has 0 saturated heterocycles. The number of hydrogen-bond acceptors (Lipinski definition) is 4. The predicted octanol–water partition coefficient (Wildman–Crippen LogP) is 0.854. The molecular formula is C14H16O4. The molecule has 4 nitrogen and oxygen atoms in total. The Balaban J connectivity index is 2.41. The Morgan fingerprint density at radius 2 is 1.94 bits per heavy atom. The van der Waals surface area contributed by atoms with Crippen LogP contribution < -0.4 is 0 Å². The van der Waals surface area contributed by atoms with E-state index in [0.717, 1.165) is 5.56 Å². The minimum absolute atomic E-state index is 0.0874. The number of aliphatic hydroxyl groups excluding tert-OH is 2. The van der Waals surface area contributed by atoms with Gasteiger partial charge in [0.15, 0.2) is 0 Å². The standard InChI is InChI=1S/C14H16O4/c1-18-14(17)13-11(8-16)10(7-15)12(13)9-5-3-2-4-6-9/h2-6,10,12,15-16H,7-8H2,1H3/t10-,12+/m0/s1. The van der Waals surface area contributed by atoms with E-state index < -0.39 is 5.97 Å². The molecule has 4 heteroatoms. The van der Waals surface area contributed by atoms with Gasteiger partial charge in [-0.05, 0) is 11.1 Å². The van der Waals surface area contributed by atoms with E-state index in [1.54, 1.807) is 0 Å². The normalized spacial score (nSPS) is 22.6. The number of methoxy groups -OCH3 is 1. The maximum absolute atomic E-state index is 11.7. The fourth-order valence-corrected chi connectivity index (χ4v) is 2.55. The topological polar surface area (TPSA) is 66.8 Å². The molecule has 18 heavy (non-hydrogen) atoms. The lowest BCUT2D eigenvalue weighted by atomic mass is 9.65. The lowest BCUT2D eigenvalue weighted by Gasteiger charge is -2.39. The first-order valence-corrected chi connectivity index (χ1v) is 5.82. The quantitative estimate of drug-likeness (QED) is 0.775. The number of ether oxygens (including phenoxy) is 1. The Kier molecular flexibility index (Phi) is 3.79. The highest BCUT2D eigenvalue weighted by molar-refractivity contribution is 5.94. The highest BCUT2D eigenvalue weighted by atomic mass is 16.5. The average molecular weight is 248 g/mol. The maximum Gasteiger partial charge on any atom is 0.334 e. The number of esters is 1. The molecule has 1 aromatic rings. The minimum Gasteiger partial charge on any atom is -0.466 e. The molecule has 0 bridgehead atoms. The van der Waals surface area contributed by atoms with E-state index in [0.29, 0.717) is 11.1 Å². The summed E-state index contributed by atoms with van der Waals surface area (Å²) in [6.07, 6.45) is 0. The van der Waals surface area contributed by atoms with Crippen LogP contribution in [0.5, 0.6) is 0 Å². The zero-order valence-corrected chi connectivity index (χ0v) is 10.2. The first-order valence-electron chi connectivity index (χ1n) is 5.82. The Morgan fingerprint density at radius 1 is 1.28 bits per heavy atom. The molecule has 0 spiro atoms. The van der Waals surface area contributed by atoms with Crippen LogP contribution in [0.1, 0.15) is 11.5 Å². The van der Waals surface area contributed by atoms with Crippen molar-refractivity contribution in [1.29, 1.82) is 0 Å². The summed E-state index contributed by atoms with van der Waals surface area (Å²) in [4.78, 5) is 11.7. The van der Waals surface area contributed by atoms with Crippen molar-refractivity contribution in [3.63, 3.8) is 0 Å². The van der Waals surface area contributed by atoms with Gasteiger partial charge in [-0.15, -0.1) is 0 Å². The average Bonchev–Trinajstić information content (AvgIpc) is 2.39. The van der Waals surface area contributed by atoms with Crippen LogP contribution in [0.4, 0.5) is 0 Å². The molecule has 1 aliphatic rings. The summed E-state index contributed by atoms with van der Waals surface area (Å²) in [5.74, 6) is -0.824. The molecule has 0 heterocycles. The van der Waals surface area contributed by atoms with Crippen LogP contribution >= 0.6 is 0 Å². The van der Waals surface area contributed by atoms with Gasteiger partial charge in [-0.1, -0.05) is 30.3 Å². The molecule has 2 atom stereocenters. The predicted molar refractivity (Wildman–Crippen MR) is 65.9 cm³/mol. The van der Waals surface area contributed by atoms with Crippen molar-refractivity contribution in [2.75, 3.05) is 20.3 Å². The Bertz CT molecular complexity index is 464. The molecular weight excluding hydrogens is 232 g/mol. The zero-order valence-electron chi connectivity index (χ0n) is 10.2. The smallest absolute Gasteiger partial charge is 0.334 e. The molecule has 2 rings (SSSR count). The van der Waals surface area contributed by atoms with E-state index in [1.807, 2.05) is 30.3 Å². The molecule has 1 aliphatic carbocycles. The number of hydrogen-bond donors (Lipinski definition) is 2. The second-order valence-electron chi connectivity index (χ2n) is 4.27. The van der Waals surface area contributed by atoms with Gasteiger partial charge < -0.3 is 14.9 Å². The van der Waals surface area contributed by atoms with Gasteiger partial charge in [0.05, 0.1) is 20.3 Å². The van der Waals surface area contributed by atoms with Gasteiger partial charge in [0.25, 0.3) is 0 Å². The molecule has 0 aromatic heterocycles. The minimum atomic E-state index is -0.433. The Morgan fingerprint density at radius 3 is 2.44 bits per heavy atom. The van der Waals surface area contributed by atoms with Crippen molar-refractivity contribution in [2.45, 2.75) is 5.92 Å². The zero-order chi connectivity index (χ0) is 13.1. The Labute approximate surface area is 106 Å². The van der Waals surface area contributed by atoms with Crippen molar-refractivity contribution in [3.8, 4) is 0 Å². The van der Waals surface area contributed by atoms with Crippen LogP contribution in [-0.2, 0) is 9.53 Å². The molecule has 0 unspecified atom stereocenters. The summed E-state index contributed by atoms with van der Waals surface area (Å²) in [6.45, 7) is -0.311. The van der Waals surface area contributed by atoms with Crippen molar-refractivity contribution in [3.05, 3.63) is 47.0 Å². The third-order valence-electron chi connectivity index (χ3n) is 3.44. The molecule has 2 N–H and O–H groups in total. The summed E-state index contributed by atoms with van der Waals surface area (Å²) < 4.78 is 4.74. The van der Waals surface area contributed by atoms with E-state index in [9.17, 15) is 15.0 Å². The van der Waals surface area contributed by atoms with Crippen LogP contribution in [0.15, 0.2) is 41.5 Å². The lowest BCUT2D eigenvalue weighted by Crippen LogP contribution is -2.37. The Hall–Kier alpha value is -1.65. The molecule has 1 aromatic carbocycles. The second kappa shape index (κ2) is 5.33. The van der Waals surface area contributed by atoms with E-state index in [4.69, 9.17) is 4.74 Å². The van der Waals surface area contributed by atoms with Crippen LogP contribution in [-0.4, -0.2) is 36.5 Å². The summed E-state index contributed by atoms with van der Waals surface area (Å²) >= 11 is 0. The van der Waals surface area contributed by atoms with E-state index >= 15 is 0 Å². The van der Waals surface area contributed by atoms with Gasteiger partial charge in [-0.2, -0.15) is 0 Å². The third kappa shape index (κ3) is 1.94. The lowest BCUT2D eigenvalue weighted by molar-refractivity contribution is -0.137. The van der Waals surface area contributed by atoms with Crippen molar-refractivity contribution < 1.29 is 19.7 Å². The molecule has 0 amide bonds. The second-order valence-corrected chi connectivity index (χ2v) is 4.27. The van der Waals surface area contributed by atoms with Crippen LogP contribution in [0.25, 0.3) is 0 Å². The fourth-order valence-electron chi connectivity index (χ4n) is 2.55. The van der Waals surface area contributed by atoms with Gasteiger partial charge in [0.2, 0.25) is 0 Å². The number of carbonyl (C=O) groups excluding carboxylic acids is 1. The molecule has 0 saturated carbocycles. The monoisotopic (exact) mass is 248 g/mol.